The smallest absolute Gasteiger partial charge is 0.253 e. The van der Waals surface area contributed by atoms with Gasteiger partial charge in [0, 0.05) is 6.54 Å². The number of nitriles is 1. The minimum atomic E-state index is -0.415. The molecule has 31 heavy (non-hydrogen) atoms. The Hall–Kier alpha value is -3.83. The first-order valence-corrected chi connectivity index (χ1v) is 10.0. The molecule has 0 atom stereocenters. The zero-order chi connectivity index (χ0) is 22.2. The molecule has 2 aromatic carbocycles. The van der Waals surface area contributed by atoms with Crippen molar-refractivity contribution in [2.24, 2.45) is 0 Å². The van der Waals surface area contributed by atoms with E-state index in [1.807, 2.05) is 30.3 Å². The number of aryl methyl sites for hydroxylation is 1. The molecule has 3 aromatic rings. The quantitative estimate of drug-likeness (QED) is 0.467. The molecule has 0 unspecified atom stereocenters. The van der Waals surface area contributed by atoms with E-state index in [2.05, 4.69) is 21.8 Å². The second-order valence-corrected chi connectivity index (χ2v) is 7.09. The largest absolute Gasteiger partial charge is 0.382 e. The number of para-hydroxylation sites is 1. The highest BCUT2D eigenvalue weighted by atomic mass is 35.5. The molecule has 0 bridgehead atoms. The Morgan fingerprint density at radius 1 is 1.10 bits per heavy atom. The number of hydrogen-bond acceptors (Lipinski definition) is 5. The molecule has 0 aliphatic rings. The number of aromatic nitrogens is 2. The van der Waals surface area contributed by atoms with Crippen LogP contribution in [0.2, 0.25) is 5.02 Å². The highest BCUT2D eigenvalue weighted by Crippen LogP contribution is 2.21. The normalized spacial score (nSPS) is 10.3. The third-order valence-electron chi connectivity index (χ3n) is 4.55. The van der Waals surface area contributed by atoms with Crippen LogP contribution in [-0.2, 0) is 11.2 Å². The van der Waals surface area contributed by atoms with Crippen LogP contribution in [-0.4, -0.2) is 34.7 Å². The van der Waals surface area contributed by atoms with E-state index in [0.29, 0.717) is 41.2 Å². The molecule has 0 spiro atoms. The lowest BCUT2D eigenvalue weighted by molar-refractivity contribution is -0.120. The molecular formula is C22H21ClN6O2. The maximum atomic E-state index is 12.1. The van der Waals surface area contributed by atoms with E-state index >= 15 is 0 Å². The Labute approximate surface area is 184 Å². The number of halogens is 1. The van der Waals surface area contributed by atoms with Crippen molar-refractivity contribution in [2.45, 2.75) is 12.8 Å². The third kappa shape index (κ3) is 5.41. The van der Waals surface area contributed by atoms with E-state index in [9.17, 15) is 14.9 Å². The molecule has 2 amide bonds. The summed E-state index contributed by atoms with van der Waals surface area (Å²) in [6, 6.07) is 18.0. The Kier molecular flexibility index (Phi) is 7.25. The van der Waals surface area contributed by atoms with Gasteiger partial charge in [0.25, 0.3) is 5.91 Å². The van der Waals surface area contributed by atoms with Crippen LogP contribution >= 0.6 is 11.6 Å². The molecule has 0 radical (unpaired) electrons. The number of nitrogens with zero attached hydrogens (tertiary/aromatic N) is 3. The van der Waals surface area contributed by atoms with E-state index in [4.69, 9.17) is 17.3 Å². The van der Waals surface area contributed by atoms with Crippen molar-refractivity contribution >= 4 is 29.2 Å². The number of carbonyl (C=O) groups is 2. The van der Waals surface area contributed by atoms with E-state index in [1.165, 1.54) is 4.68 Å². The summed E-state index contributed by atoms with van der Waals surface area (Å²) in [6.45, 7) is 0.201. The monoisotopic (exact) mass is 436 g/mol. The van der Waals surface area contributed by atoms with Crippen molar-refractivity contribution < 1.29 is 9.59 Å². The summed E-state index contributed by atoms with van der Waals surface area (Å²) in [5.74, 6) is -0.452. The number of rotatable bonds is 8. The summed E-state index contributed by atoms with van der Waals surface area (Å²) in [6.07, 6.45) is 1.03. The van der Waals surface area contributed by atoms with Gasteiger partial charge in [-0.2, -0.15) is 10.4 Å². The third-order valence-corrected chi connectivity index (χ3v) is 4.88. The number of nitrogens with one attached hydrogen (secondary N) is 2. The number of amides is 2. The first-order valence-electron chi connectivity index (χ1n) is 9.63. The van der Waals surface area contributed by atoms with Crippen molar-refractivity contribution in [3.05, 3.63) is 76.4 Å². The van der Waals surface area contributed by atoms with Crippen molar-refractivity contribution in [3.63, 3.8) is 0 Å². The number of benzene rings is 2. The maximum Gasteiger partial charge on any atom is 0.253 e. The van der Waals surface area contributed by atoms with Crippen LogP contribution in [0.25, 0.3) is 5.69 Å². The highest BCUT2D eigenvalue weighted by molar-refractivity contribution is 6.33. The predicted octanol–water partition coefficient (Wildman–Crippen LogP) is 2.46. The van der Waals surface area contributed by atoms with Crippen LogP contribution in [0.5, 0.6) is 0 Å². The molecular weight excluding hydrogens is 416 g/mol. The van der Waals surface area contributed by atoms with Crippen LogP contribution < -0.4 is 16.4 Å². The van der Waals surface area contributed by atoms with Gasteiger partial charge in [-0.3, -0.25) is 9.59 Å². The molecule has 0 aliphatic carbocycles. The Balaban J connectivity index is 1.48. The predicted molar refractivity (Wildman–Crippen MR) is 118 cm³/mol. The summed E-state index contributed by atoms with van der Waals surface area (Å²) >= 11 is 5.97. The molecule has 0 saturated heterocycles. The second-order valence-electron chi connectivity index (χ2n) is 6.68. The van der Waals surface area contributed by atoms with Crippen molar-refractivity contribution in [1.82, 2.24) is 20.4 Å². The topological polar surface area (TPSA) is 126 Å². The van der Waals surface area contributed by atoms with E-state index in [0.717, 1.165) is 5.69 Å². The van der Waals surface area contributed by atoms with Gasteiger partial charge in [0.05, 0.1) is 28.5 Å². The summed E-state index contributed by atoms with van der Waals surface area (Å²) in [7, 11) is 0. The standard InChI is InChI=1S/C22H21ClN6O2/c23-18-10-5-4-9-16(18)22(31)27-14-20(30)26-12-6-11-19-17(13-24)21(25)29(28-19)15-7-2-1-3-8-15/h1-5,7-10H,6,11-12,14,25H2,(H,26,30)(H,27,31). The lowest BCUT2D eigenvalue weighted by Crippen LogP contribution is -2.37. The van der Waals surface area contributed by atoms with Gasteiger partial charge in [-0.25, -0.2) is 4.68 Å². The Morgan fingerprint density at radius 2 is 1.81 bits per heavy atom. The fraction of sp³-hybridized carbons (Fsp3) is 0.182. The summed E-state index contributed by atoms with van der Waals surface area (Å²) in [5.41, 5.74) is 8.08. The van der Waals surface area contributed by atoms with Crippen molar-refractivity contribution in [3.8, 4) is 11.8 Å². The van der Waals surface area contributed by atoms with Crippen LogP contribution in [0.4, 0.5) is 5.82 Å². The zero-order valence-electron chi connectivity index (χ0n) is 16.6. The molecule has 4 N–H and O–H groups in total. The number of carbonyl (C=O) groups excluding carboxylic acids is 2. The number of nitrogens with two attached hydrogens (primary N) is 1. The van der Waals surface area contributed by atoms with Gasteiger partial charge in [0.2, 0.25) is 5.91 Å². The first-order chi connectivity index (χ1) is 15.0. The van der Waals surface area contributed by atoms with Gasteiger partial charge in [-0.15, -0.1) is 0 Å². The fourth-order valence-corrected chi connectivity index (χ4v) is 3.21. The molecule has 3 rings (SSSR count). The molecule has 9 heteroatoms. The van der Waals surface area contributed by atoms with Crippen LogP contribution in [0.3, 0.4) is 0 Å². The highest BCUT2D eigenvalue weighted by Gasteiger charge is 2.16. The van der Waals surface area contributed by atoms with E-state index in [-0.39, 0.29) is 18.3 Å². The average molecular weight is 437 g/mol. The Morgan fingerprint density at radius 3 is 2.52 bits per heavy atom. The second kappa shape index (κ2) is 10.3. The van der Waals surface area contributed by atoms with Crippen LogP contribution in [0.15, 0.2) is 54.6 Å². The van der Waals surface area contributed by atoms with Gasteiger partial charge in [-0.05, 0) is 37.1 Å². The lowest BCUT2D eigenvalue weighted by Gasteiger charge is -2.07. The zero-order valence-corrected chi connectivity index (χ0v) is 17.4. The molecule has 0 aliphatic heterocycles. The lowest BCUT2D eigenvalue weighted by atomic mass is 10.1. The molecule has 0 saturated carbocycles. The summed E-state index contributed by atoms with van der Waals surface area (Å²) in [4.78, 5) is 24.1. The van der Waals surface area contributed by atoms with Gasteiger partial charge in [0.1, 0.15) is 17.5 Å². The molecule has 0 fully saturated rings. The molecule has 1 aromatic heterocycles. The van der Waals surface area contributed by atoms with Gasteiger partial charge < -0.3 is 16.4 Å². The summed E-state index contributed by atoms with van der Waals surface area (Å²) < 4.78 is 1.54. The van der Waals surface area contributed by atoms with Gasteiger partial charge in [0.15, 0.2) is 0 Å². The first kappa shape index (κ1) is 21.9. The SMILES string of the molecule is N#Cc1c(CCCNC(=O)CNC(=O)c2ccccc2Cl)nn(-c2ccccc2)c1N. The minimum absolute atomic E-state index is 0.164. The number of anilines is 1. The Bertz CT molecular complexity index is 1120. The number of hydrogen-bond donors (Lipinski definition) is 3. The van der Waals surface area contributed by atoms with Crippen molar-refractivity contribution in [1.29, 1.82) is 5.26 Å². The van der Waals surface area contributed by atoms with Gasteiger partial charge >= 0.3 is 0 Å². The summed E-state index contributed by atoms with van der Waals surface area (Å²) in [5, 5.41) is 19.5. The molecule has 1 heterocycles. The van der Waals surface area contributed by atoms with Crippen LogP contribution in [0.1, 0.15) is 28.0 Å². The fourth-order valence-electron chi connectivity index (χ4n) is 2.99. The number of nitrogen functional groups attached to an aromatic ring is 1. The van der Waals surface area contributed by atoms with E-state index in [1.54, 1.807) is 24.3 Å². The van der Waals surface area contributed by atoms with Crippen LogP contribution in [0, 0.1) is 11.3 Å². The maximum absolute atomic E-state index is 12.1. The van der Waals surface area contributed by atoms with E-state index < -0.39 is 5.91 Å². The van der Waals surface area contributed by atoms with Crippen molar-refractivity contribution in [2.75, 3.05) is 18.8 Å². The van der Waals surface area contributed by atoms with Gasteiger partial charge in [-0.1, -0.05) is 41.9 Å². The minimum Gasteiger partial charge on any atom is -0.382 e. The average Bonchev–Trinajstić information content (AvgIpc) is 3.11. The molecule has 8 nitrogen and oxygen atoms in total. The molecule has 158 valence electrons.